The highest BCUT2D eigenvalue weighted by atomic mass is 32.1. The molecule has 1 nitrogen and oxygen atoms in total. The molecule has 0 aromatic heterocycles. The van der Waals surface area contributed by atoms with Gasteiger partial charge in [-0.2, -0.15) is 0 Å². The second-order valence-corrected chi connectivity index (χ2v) is 2.87. The van der Waals surface area contributed by atoms with E-state index in [-0.39, 0.29) is 11.7 Å². The van der Waals surface area contributed by atoms with E-state index < -0.39 is 0 Å². The van der Waals surface area contributed by atoms with Crippen LogP contribution in [-0.4, -0.2) is 9.97 Å². The van der Waals surface area contributed by atoms with Crippen LogP contribution in [0, 0.1) is 5.92 Å². The molecule has 0 aliphatic heterocycles. The molecule has 1 unspecified atom stereocenters. The van der Waals surface area contributed by atoms with E-state index in [1.54, 1.807) is 12.2 Å². The van der Waals surface area contributed by atoms with Crippen LogP contribution in [0.4, 0.5) is 0 Å². The molecule has 0 fully saturated rings. The van der Waals surface area contributed by atoms with Crippen molar-refractivity contribution in [2.75, 3.05) is 0 Å². The van der Waals surface area contributed by atoms with Gasteiger partial charge in [0.05, 0.1) is 4.86 Å². The molecule has 0 radical (unpaired) electrons. The maximum atomic E-state index is 9.21. The fraction of sp³-hybridized carbons (Fsp3) is 0.222. The maximum Gasteiger partial charge on any atom is 0.130 e. The molecular formula is C9H10OS. The molecule has 0 amide bonds. The third-order valence-electron chi connectivity index (χ3n) is 1.61. The van der Waals surface area contributed by atoms with Crippen LogP contribution in [0.15, 0.2) is 36.6 Å². The standard InChI is InChI=1S/C9H10OS/c1-2-4-7-5-3-6-8(10)9(7)11/h2-3,5-7,10H,1,4H2. The first-order valence-corrected chi connectivity index (χ1v) is 3.89. The minimum Gasteiger partial charge on any atom is -0.507 e. The number of aliphatic hydroxyl groups is 1. The lowest BCUT2D eigenvalue weighted by Crippen LogP contribution is -2.13. The third kappa shape index (κ3) is 1.77. The average molecular weight is 166 g/mol. The van der Waals surface area contributed by atoms with Crippen molar-refractivity contribution >= 4 is 17.1 Å². The number of hydrogen-bond acceptors (Lipinski definition) is 2. The van der Waals surface area contributed by atoms with Crippen LogP contribution < -0.4 is 0 Å². The number of hydrogen-bond donors (Lipinski definition) is 1. The first-order valence-electron chi connectivity index (χ1n) is 3.48. The summed E-state index contributed by atoms with van der Waals surface area (Å²) in [7, 11) is 0. The van der Waals surface area contributed by atoms with Gasteiger partial charge in [0.25, 0.3) is 0 Å². The molecule has 2 heteroatoms. The number of aliphatic hydroxyl groups excluding tert-OH is 1. The SMILES string of the molecule is C=CCC1C=CC=C(O)C1=S. The van der Waals surface area contributed by atoms with E-state index in [1.165, 1.54) is 0 Å². The van der Waals surface area contributed by atoms with Crippen molar-refractivity contribution < 1.29 is 5.11 Å². The Hall–Kier alpha value is -0.890. The highest BCUT2D eigenvalue weighted by molar-refractivity contribution is 7.80. The van der Waals surface area contributed by atoms with Gasteiger partial charge in [0.1, 0.15) is 5.76 Å². The van der Waals surface area contributed by atoms with Crippen LogP contribution in [0.2, 0.25) is 0 Å². The minimum atomic E-state index is 0.160. The van der Waals surface area contributed by atoms with Crippen molar-refractivity contribution in [3.05, 3.63) is 36.6 Å². The summed E-state index contributed by atoms with van der Waals surface area (Å²) in [4.78, 5) is 0.618. The van der Waals surface area contributed by atoms with E-state index in [4.69, 9.17) is 12.2 Å². The zero-order valence-corrected chi connectivity index (χ0v) is 6.97. The van der Waals surface area contributed by atoms with Gasteiger partial charge in [-0.1, -0.05) is 30.4 Å². The van der Waals surface area contributed by atoms with Gasteiger partial charge in [-0.05, 0) is 12.5 Å². The summed E-state index contributed by atoms with van der Waals surface area (Å²) in [6.45, 7) is 3.62. The van der Waals surface area contributed by atoms with Gasteiger partial charge in [-0.3, -0.25) is 0 Å². The number of rotatable bonds is 2. The maximum absolute atomic E-state index is 9.21. The molecule has 0 saturated heterocycles. The van der Waals surface area contributed by atoms with E-state index >= 15 is 0 Å². The highest BCUT2D eigenvalue weighted by Gasteiger charge is 2.15. The van der Waals surface area contributed by atoms with Crippen LogP contribution in [-0.2, 0) is 0 Å². The van der Waals surface area contributed by atoms with Gasteiger partial charge in [-0.15, -0.1) is 6.58 Å². The zero-order valence-electron chi connectivity index (χ0n) is 6.16. The quantitative estimate of drug-likeness (QED) is 0.502. The summed E-state index contributed by atoms with van der Waals surface area (Å²) in [5.41, 5.74) is 0. The molecule has 0 aromatic carbocycles. The van der Waals surface area contributed by atoms with Crippen LogP contribution in [0.5, 0.6) is 0 Å². The van der Waals surface area contributed by atoms with E-state index in [0.29, 0.717) is 4.86 Å². The lowest BCUT2D eigenvalue weighted by atomic mass is 9.96. The molecule has 1 aliphatic rings. The fourth-order valence-electron chi connectivity index (χ4n) is 1.01. The molecule has 1 rings (SSSR count). The van der Waals surface area contributed by atoms with Crippen LogP contribution in [0.1, 0.15) is 6.42 Å². The molecule has 0 aromatic rings. The molecule has 0 heterocycles. The smallest absolute Gasteiger partial charge is 0.130 e. The van der Waals surface area contributed by atoms with Gasteiger partial charge in [0, 0.05) is 5.92 Å². The molecule has 11 heavy (non-hydrogen) atoms. The second-order valence-electron chi connectivity index (χ2n) is 2.43. The Kier molecular flexibility index (Phi) is 2.60. The van der Waals surface area contributed by atoms with Gasteiger partial charge in [0.15, 0.2) is 0 Å². The summed E-state index contributed by atoms with van der Waals surface area (Å²) in [5, 5.41) is 9.21. The van der Waals surface area contributed by atoms with Gasteiger partial charge in [-0.25, -0.2) is 0 Å². The van der Waals surface area contributed by atoms with Crippen LogP contribution in [0.25, 0.3) is 0 Å². The van der Waals surface area contributed by atoms with E-state index in [9.17, 15) is 5.11 Å². The molecule has 0 saturated carbocycles. The van der Waals surface area contributed by atoms with Gasteiger partial charge >= 0.3 is 0 Å². The average Bonchev–Trinajstić information content (AvgIpc) is 1.99. The Morgan fingerprint density at radius 3 is 3.09 bits per heavy atom. The van der Waals surface area contributed by atoms with Crippen molar-refractivity contribution in [2.24, 2.45) is 5.92 Å². The molecule has 0 spiro atoms. The molecule has 58 valence electrons. The first-order chi connectivity index (χ1) is 5.25. The molecule has 0 bridgehead atoms. The van der Waals surface area contributed by atoms with Crippen molar-refractivity contribution in [2.45, 2.75) is 6.42 Å². The fourth-order valence-corrected chi connectivity index (χ4v) is 1.25. The highest BCUT2D eigenvalue weighted by Crippen LogP contribution is 2.17. The largest absolute Gasteiger partial charge is 0.507 e. The van der Waals surface area contributed by atoms with E-state index in [1.807, 2.05) is 12.2 Å². The molecule has 1 N–H and O–H groups in total. The van der Waals surface area contributed by atoms with Crippen molar-refractivity contribution in [1.82, 2.24) is 0 Å². The van der Waals surface area contributed by atoms with E-state index in [2.05, 4.69) is 6.58 Å². The second kappa shape index (κ2) is 3.49. The molecular weight excluding hydrogens is 156 g/mol. The molecule has 1 aliphatic carbocycles. The van der Waals surface area contributed by atoms with Crippen molar-refractivity contribution in [3.63, 3.8) is 0 Å². The van der Waals surface area contributed by atoms with Crippen LogP contribution >= 0.6 is 12.2 Å². The Balaban J connectivity index is 2.73. The number of allylic oxidation sites excluding steroid dienone is 5. The third-order valence-corrected chi connectivity index (χ3v) is 2.12. The Morgan fingerprint density at radius 2 is 2.45 bits per heavy atom. The Bertz CT molecular complexity index is 238. The Morgan fingerprint density at radius 1 is 1.73 bits per heavy atom. The lowest BCUT2D eigenvalue weighted by Gasteiger charge is -2.13. The topological polar surface area (TPSA) is 20.2 Å². The lowest BCUT2D eigenvalue weighted by molar-refractivity contribution is 0.439. The minimum absolute atomic E-state index is 0.160. The summed E-state index contributed by atoms with van der Waals surface area (Å²) in [6.07, 6.45) is 8.01. The van der Waals surface area contributed by atoms with Gasteiger partial charge < -0.3 is 5.11 Å². The predicted molar refractivity (Wildman–Crippen MR) is 50.8 cm³/mol. The molecule has 1 atom stereocenters. The summed E-state index contributed by atoms with van der Waals surface area (Å²) >= 11 is 5.00. The monoisotopic (exact) mass is 166 g/mol. The number of thiocarbonyl (C=S) groups is 1. The Labute approximate surface area is 71.7 Å². The van der Waals surface area contributed by atoms with Gasteiger partial charge in [0.2, 0.25) is 0 Å². The summed E-state index contributed by atoms with van der Waals surface area (Å²) in [5.74, 6) is 0.377. The van der Waals surface area contributed by atoms with Crippen molar-refractivity contribution in [1.29, 1.82) is 0 Å². The van der Waals surface area contributed by atoms with E-state index in [0.717, 1.165) is 6.42 Å². The van der Waals surface area contributed by atoms with Crippen LogP contribution in [0.3, 0.4) is 0 Å². The summed E-state index contributed by atoms with van der Waals surface area (Å²) < 4.78 is 0. The zero-order chi connectivity index (χ0) is 8.27. The summed E-state index contributed by atoms with van der Waals surface area (Å²) in [6, 6.07) is 0. The normalized spacial score (nSPS) is 23.1. The van der Waals surface area contributed by atoms with Crippen molar-refractivity contribution in [3.8, 4) is 0 Å². The predicted octanol–water partition coefficient (Wildman–Crippen LogP) is 2.56. The first kappa shape index (κ1) is 8.21.